The summed E-state index contributed by atoms with van der Waals surface area (Å²) >= 11 is 1.10. The summed E-state index contributed by atoms with van der Waals surface area (Å²) in [6.45, 7) is 3.91. The molecule has 0 unspecified atom stereocenters. The molecule has 322 valence electrons. The highest BCUT2D eigenvalue weighted by Crippen LogP contribution is 2.41. The van der Waals surface area contributed by atoms with Crippen molar-refractivity contribution in [1.82, 2.24) is 0 Å². The number of unbranched alkanes of at least 4 members (excludes halogenated alkanes) is 2. The van der Waals surface area contributed by atoms with E-state index in [2.05, 4.69) is 29.4 Å². The van der Waals surface area contributed by atoms with E-state index in [1.54, 1.807) is 0 Å². The van der Waals surface area contributed by atoms with Gasteiger partial charge in [0.2, 0.25) is 0 Å². The van der Waals surface area contributed by atoms with Gasteiger partial charge in [0.1, 0.15) is 23.0 Å². The monoisotopic (exact) mass is 912 g/mol. The van der Waals surface area contributed by atoms with Crippen LogP contribution in [0.2, 0.25) is 0 Å². The summed E-state index contributed by atoms with van der Waals surface area (Å²) in [7, 11) is -9.89. The van der Waals surface area contributed by atoms with Gasteiger partial charge in [0, 0.05) is 26.6 Å². The Morgan fingerprint density at radius 2 is 1.02 bits per heavy atom. The molecule has 2 amide bonds. The van der Waals surface area contributed by atoms with E-state index in [0.29, 0.717) is 61.2 Å². The van der Waals surface area contributed by atoms with Crippen LogP contribution in [0, 0.1) is 0 Å². The van der Waals surface area contributed by atoms with Crippen LogP contribution in [0.25, 0.3) is 21.5 Å². The Labute approximate surface area is 349 Å². The Kier molecular flexibility index (Phi) is 15.4. The molecule has 0 aliphatic rings. The van der Waals surface area contributed by atoms with E-state index in [1.165, 1.54) is 36.4 Å². The van der Waals surface area contributed by atoms with Gasteiger partial charge >= 0.3 is 0 Å². The van der Waals surface area contributed by atoms with Crippen LogP contribution in [-0.2, 0) is 39.0 Å². The Hall–Kier alpha value is -4.96. The number of fused-ring (bicyclic) bond motifs is 2. The molecule has 5 rings (SSSR count). The molecule has 0 saturated heterocycles. The first-order valence-electron chi connectivity index (χ1n) is 17.4. The van der Waals surface area contributed by atoms with E-state index in [-0.39, 0.29) is 73.2 Å². The molecule has 60 heavy (non-hydrogen) atoms. The number of aromatic hydroxyl groups is 2. The van der Waals surface area contributed by atoms with Gasteiger partial charge in [0.15, 0.2) is 0 Å². The van der Waals surface area contributed by atoms with Crippen molar-refractivity contribution >= 4 is 89.1 Å². The molecule has 5 aromatic carbocycles. The van der Waals surface area contributed by atoms with Crippen molar-refractivity contribution in [3.05, 3.63) is 71.8 Å². The maximum Gasteiger partial charge on any atom is 0.294 e. The molecule has 0 atom stereocenters. The van der Waals surface area contributed by atoms with Crippen molar-refractivity contribution in [2.75, 3.05) is 23.8 Å². The molecule has 5 aromatic rings. The maximum atomic E-state index is 14.3. The van der Waals surface area contributed by atoms with E-state index in [4.69, 9.17) is 20.0 Å². The number of nitrogens with one attached hydrogen (secondary N) is 2. The summed E-state index contributed by atoms with van der Waals surface area (Å²) < 4.78 is 88.8. The minimum atomic E-state index is -4.99. The molecule has 0 aliphatic carbocycles. The van der Waals surface area contributed by atoms with Crippen molar-refractivity contribution in [3.8, 4) is 23.0 Å². The van der Waals surface area contributed by atoms with Crippen LogP contribution in [0.5, 0.6) is 23.0 Å². The molecule has 0 heterocycles. The average molecular weight is 913 g/mol. The highest BCUT2D eigenvalue weighted by atomic mass is 32.2. The minimum absolute atomic E-state index is 0.0206. The first kappa shape index (κ1) is 46.1. The third-order valence-corrected chi connectivity index (χ3v) is 11.2. The second kappa shape index (κ2) is 20.1. The second-order valence-corrected chi connectivity index (χ2v) is 17.0. The van der Waals surface area contributed by atoms with E-state index < -0.39 is 53.3 Å². The van der Waals surface area contributed by atoms with Gasteiger partial charge in [0.05, 0.1) is 69.6 Å². The van der Waals surface area contributed by atoms with Crippen molar-refractivity contribution in [2.45, 2.75) is 59.1 Å². The van der Waals surface area contributed by atoms with Crippen molar-refractivity contribution in [2.24, 2.45) is 0 Å². The molecule has 0 spiro atoms. The summed E-state index contributed by atoms with van der Waals surface area (Å²) in [5, 5.41) is 51.6. The van der Waals surface area contributed by atoms with Gasteiger partial charge in [-0.15, -0.1) is 8.67 Å². The molecule has 24 heteroatoms. The highest BCUT2D eigenvalue weighted by molar-refractivity contribution is 7.94. The van der Waals surface area contributed by atoms with Crippen LogP contribution < -0.4 is 20.1 Å². The molecule has 0 saturated carbocycles. The average Bonchev–Trinajstić information content (AvgIpc) is 3.18. The van der Waals surface area contributed by atoms with Gasteiger partial charge in [-0.05, 0) is 78.2 Å². The standard InChI is InChI=1S/C36H36N2O18S4/c1-3-5-7-51-31-18-26(36(42)38-28-15-23(59(45,46)47)11-20-12-24(60(48,49)50)16-30(40)34(20)28)32(52-8-6-4-2)17-25(31)35(41)37-27-13-21(57-55-53-43)9-19-10-22(58-56-54-44)14-29(39)33(19)27/h9-18,39-40,43-44H,3-8H2,1-2H3,(H,37,41)(H,38,42)(H,45,46,47)(H,48,49,50). The van der Waals surface area contributed by atoms with Gasteiger partial charge in [-0.2, -0.15) is 16.8 Å². The zero-order valence-corrected chi connectivity index (χ0v) is 34.5. The summed E-state index contributed by atoms with van der Waals surface area (Å²) in [5.41, 5.74) is -0.774. The highest BCUT2D eigenvalue weighted by Gasteiger charge is 2.26. The number of phenolic OH excluding ortho intramolecular Hbond substituents is 2. The fourth-order valence-electron chi connectivity index (χ4n) is 5.76. The van der Waals surface area contributed by atoms with E-state index in [1.807, 2.05) is 13.8 Å². The molecule has 8 N–H and O–H groups in total. The first-order chi connectivity index (χ1) is 28.5. The first-order valence-corrected chi connectivity index (χ1v) is 21.8. The summed E-state index contributed by atoms with van der Waals surface area (Å²) in [6.07, 6.45) is 2.37. The van der Waals surface area contributed by atoms with E-state index >= 15 is 0 Å². The van der Waals surface area contributed by atoms with Crippen LogP contribution in [0.3, 0.4) is 0 Å². The SMILES string of the molecule is CCCCOc1cc(C(=O)Nc2cc(S(=O)(=O)O)cc3cc(S(=O)(=O)O)cc(O)c23)c(OCCCC)cc1C(=O)Nc1cc(SOOO)cc2cc(SOOO)cc(O)c12. The van der Waals surface area contributed by atoms with Crippen molar-refractivity contribution in [1.29, 1.82) is 0 Å². The quantitative estimate of drug-likeness (QED) is 0.0122. The zero-order chi connectivity index (χ0) is 43.8. The summed E-state index contributed by atoms with van der Waals surface area (Å²) in [5.74, 6) is -3.22. The number of rotatable bonds is 20. The van der Waals surface area contributed by atoms with Crippen LogP contribution in [0.1, 0.15) is 60.2 Å². The van der Waals surface area contributed by atoms with Crippen molar-refractivity contribution in [3.63, 3.8) is 0 Å². The van der Waals surface area contributed by atoms with E-state index in [0.717, 1.165) is 18.2 Å². The maximum absolute atomic E-state index is 14.3. The Morgan fingerprint density at radius 1 is 0.600 bits per heavy atom. The van der Waals surface area contributed by atoms with Crippen LogP contribution >= 0.6 is 24.1 Å². The lowest BCUT2D eigenvalue weighted by Gasteiger charge is -2.19. The number of benzene rings is 5. The molecule has 0 bridgehead atoms. The predicted molar refractivity (Wildman–Crippen MR) is 215 cm³/mol. The number of carbonyl (C=O) groups excluding carboxylic acids is 2. The normalized spacial score (nSPS) is 11.8. The molecule has 20 nitrogen and oxygen atoms in total. The Bertz CT molecular complexity index is 2630. The molecule has 0 aliphatic heterocycles. The molecule has 0 aromatic heterocycles. The number of phenols is 2. The number of amides is 2. The third-order valence-electron chi connectivity index (χ3n) is 8.45. The lowest BCUT2D eigenvalue weighted by atomic mass is 10.0. The van der Waals surface area contributed by atoms with Crippen LogP contribution in [0.4, 0.5) is 11.4 Å². The van der Waals surface area contributed by atoms with Gasteiger partial charge in [-0.25, -0.2) is 10.5 Å². The van der Waals surface area contributed by atoms with Crippen LogP contribution in [0.15, 0.2) is 80.2 Å². The van der Waals surface area contributed by atoms with Gasteiger partial charge in [-0.1, -0.05) is 36.8 Å². The third kappa shape index (κ3) is 11.2. The largest absolute Gasteiger partial charge is 0.507 e. The number of anilines is 2. The van der Waals surface area contributed by atoms with Crippen molar-refractivity contribution < 1.29 is 84.5 Å². The summed E-state index contributed by atoms with van der Waals surface area (Å²) in [6, 6.07) is 11.2. The van der Waals surface area contributed by atoms with E-state index in [9.17, 15) is 45.7 Å². The number of hydrogen-bond donors (Lipinski definition) is 8. The fraction of sp³-hybridized carbons (Fsp3) is 0.222. The predicted octanol–water partition coefficient (Wildman–Crippen LogP) is 7.62. The zero-order valence-electron chi connectivity index (χ0n) is 31.2. The molecule has 0 fully saturated rings. The molecular weight excluding hydrogens is 877 g/mol. The lowest BCUT2D eigenvalue weighted by molar-refractivity contribution is -0.432. The number of ether oxygens (including phenoxy) is 2. The Balaban J connectivity index is 1.64. The smallest absolute Gasteiger partial charge is 0.294 e. The second-order valence-electron chi connectivity index (χ2n) is 12.6. The molecule has 0 radical (unpaired) electrons. The van der Waals surface area contributed by atoms with Gasteiger partial charge in [-0.3, -0.25) is 18.7 Å². The lowest BCUT2D eigenvalue weighted by Crippen LogP contribution is -2.19. The van der Waals surface area contributed by atoms with Gasteiger partial charge < -0.3 is 30.3 Å². The van der Waals surface area contributed by atoms with Gasteiger partial charge in [0.25, 0.3) is 32.1 Å². The fourth-order valence-corrected chi connectivity index (χ4v) is 7.74. The Morgan fingerprint density at radius 3 is 1.47 bits per heavy atom. The summed E-state index contributed by atoms with van der Waals surface area (Å²) in [4.78, 5) is 27.4. The van der Waals surface area contributed by atoms with Crippen LogP contribution in [-0.4, -0.2) is 71.7 Å². The number of carbonyl (C=O) groups is 2. The topological polar surface area (TPSA) is 303 Å². The molecular formula is C36H36N2O18S4. The number of hydrogen-bond acceptors (Lipinski definition) is 18. The minimum Gasteiger partial charge on any atom is -0.507 e.